The summed E-state index contributed by atoms with van der Waals surface area (Å²) >= 11 is 0. The third kappa shape index (κ3) is 3.43. The molecular weight excluding hydrogens is 180 g/mol. The molecule has 0 saturated heterocycles. The highest BCUT2D eigenvalue weighted by atomic mass is 16.6. The molecule has 0 aliphatic rings. The highest BCUT2D eigenvalue weighted by Crippen LogP contribution is 2.07. The van der Waals surface area contributed by atoms with Gasteiger partial charge in [-0.2, -0.15) is 0 Å². The average molecular weight is 194 g/mol. The molecule has 1 rings (SSSR count). The molecule has 76 valence electrons. The predicted octanol–water partition coefficient (Wildman–Crippen LogP) is 2.35. The van der Waals surface area contributed by atoms with Crippen molar-refractivity contribution in [3.63, 3.8) is 0 Å². The molecule has 4 nitrogen and oxygen atoms in total. The van der Waals surface area contributed by atoms with Crippen LogP contribution in [-0.4, -0.2) is 17.2 Å². The number of rotatable bonds is 2. The number of pyridine rings is 1. The highest BCUT2D eigenvalue weighted by Gasteiger charge is 2.05. The molecule has 0 spiro atoms. The minimum absolute atomic E-state index is 0.118. The van der Waals surface area contributed by atoms with Crippen LogP contribution in [0.5, 0.6) is 0 Å². The van der Waals surface area contributed by atoms with Gasteiger partial charge in [-0.05, 0) is 32.4 Å². The summed E-state index contributed by atoms with van der Waals surface area (Å²) in [4.78, 5) is 15.1. The molecule has 1 heterocycles. The molecule has 1 aromatic rings. The maximum Gasteiger partial charge on any atom is 0.411 e. The van der Waals surface area contributed by atoms with Crippen LogP contribution in [0.3, 0.4) is 0 Å². The first-order valence-corrected chi connectivity index (χ1v) is 4.47. The topological polar surface area (TPSA) is 51.2 Å². The molecule has 0 fully saturated rings. The van der Waals surface area contributed by atoms with Gasteiger partial charge in [0.05, 0.1) is 18.0 Å². The quantitative estimate of drug-likeness (QED) is 0.786. The predicted molar refractivity (Wildman–Crippen MR) is 54.2 cm³/mol. The molecule has 0 bridgehead atoms. The minimum atomic E-state index is -0.451. The second-order valence-corrected chi connectivity index (χ2v) is 3.33. The van der Waals surface area contributed by atoms with Crippen LogP contribution >= 0.6 is 0 Å². The van der Waals surface area contributed by atoms with Gasteiger partial charge in [0.2, 0.25) is 0 Å². The monoisotopic (exact) mass is 194 g/mol. The number of aromatic nitrogens is 1. The molecule has 1 amide bonds. The van der Waals surface area contributed by atoms with E-state index in [1.54, 1.807) is 26.2 Å². The molecule has 0 aliphatic carbocycles. The third-order valence-corrected chi connectivity index (χ3v) is 1.46. The lowest BCUT2D eigenvalue weighted by atomic mass is 10.3. The molecule has 0 aromatic carbocycles. The molecule has 0 aliphatic heterocycles. The Balaban J connectivity index is 2.56. The number of carbonyl (C=O) groups is 1. The van der Waals surface area contributed by atoms with E-state index in [0.717, 1.165) is 5.56 Å². The Bertz CT molecular complexity index is 324. The number of hydrogen-bond acceptors (Lipinski definition) is 3. The molecule has 14 heavy (non-hydrogen) atoms. The Morgan fingerprint density at radius 3 is 2.79 bits per heavy atom. The lowest BCUT2D eigenvalue weighted by Gasteiger charge is -2.09. The fourth-order valence-electron chi connectivity index (χ4n) is 0.985. The van der Waals surface area contributed by atoms with Crippen LogP contribution in [0.2, 0.25) is 0 Å². The molecule has 0 radical (unpaired) electrons. The fraction of sp³-hybridized carbons (Fsp3) is 0.400. The van der Waals surface area contributed by atoms with E-state index >= 15 is 0 Å². The number of carbonyl (C=O) groups excluding carboxylic acids is 1. The van der Waals surface area contributed by atoms with Gasteiger partial charge in [-0.15, -0.1) is 0 Å². The lowest BCUT2D eigenvalue weighted by molar-refractivity contribution is 0.130. The van der Waals surface area contributed by atoms with Crippen molar-refractivity contribution < 1.29 is 9.53 Å². The van der Waals surface area contributed by atoms with Crippen LogP contribution in [0, 0.1) is 6.92 Å². The summed E-state index contributed by atoms with van der Waals surface area (Å²) in [6.45, 7) is 5.51. The van der Waals surface area contributed by atoms with E-state index in [1.807, 2.05) is 13.0 Å². The molecule has 1 N–H and O–H groups in total. The molecule has 4 heteroatoms. The number of anilines is 1. The number of nitrogens with one attached hydrogen (secondary N) is 1. The zero-order valence-corrected chi connectivity index (χ0v) is 8.57. The van der Waals surface area contributed by atoms with Crippen LogP contribution in [0.1, 0.15) is 19.4 Å². The summed E-state index contributed by atoms with van der Waals surface area (Å²) in [6.07, 6.45) is 2.73. The van der Waals surface area contributed by atoms with E-state index in [-0.39, 0.29) is 6.10 Å². The Labute approximate surface area is 83.3 Å². The standard InChI is InChI=1S/C10H14N2O2/c1-7(2)14-10(13)12-9-4-8(3)5-11-6-9/h4-7H,1-3H3,(H,12,13). The summed E-state index contributed by atoms with van der Waals surface area (Å²) in [5.74, 6) is 0. The summed E-state index contributed by atoms with van der Waals surface area (Å²) in [7, 11) is 0. The number of amides is 1. The van der Waals surface area contributed by atoms with Crippen molar-refractivity contribution >= 4 is 11.8 Å². The third-order valence-electron chi connectivity index (χ3n) is 1.46. The second-order valence-electron chi connectivity index (χ2n) is 3.33. The van der Waals surface area contributed by atoms with E-state index in [9.17, 15) is 4.79 Å². The Kier molecular flexibility index (Phi) is 3.45. The van der Waals surface area contributed by atoms with Crippen LogP contribution in [0.4, 0.5) is 10.5 Å². The van der Waals surface area contributed by atoms with Gasteiger partial charge in [0.25, 0.3) is 0 Å². The van der Waals surface area contributed by atoms with Gasteiger partial charge in [0.1, 0.15) is 0 Å². The van der Waals surface area contributed by atoms with E-state index in [4.69, 9.17) is 4.74 Å². The summed E-state index contributed by atoms with van der Waals surface area (Å²) in [5.41, 5.74) is 1.64. The van der Waals surface area contributed by atoms with E-state index in [2.05, 4.69) is 10.3 Å². The van der Waals surface area contributed by atoms with E-state index in [0.29, 0.717) is 5.69 Å². The SMILES string of the molecule is Cc1cncc(NC(=O)OC(C)C)c1. The first kappa shape index (κ1) is 10.5. The lowest BCUT2D eigenvalue weighted by Crippen LogP contribution is -2.18. The van der Waals surface area contributed by atoms with Crippen molar-refractivity contribution in [1.29, 1.82) is 0 Å². The molecule has 1 aromatic heterocycles. The fourth-order valence-corrected chi connectivity index (χ4v) is 0.985. The number of aryl methyl sites for hydroxylation is 1. The zero-order valence-electron chi connectivity index (χ0n) is 8.57. The van der Waals surface area contributed by atoms with E-state index in [1.165, 1.54) is 0 Å². The van der Waals surface area contributed by atoms with Crippen LogP contribution in [-0.2, 0) is 4.74 Å². The number of hydrogen-bond donors (Lipinski definition) is 1. The van der Waals surface area contributed by atoms with Gasteiger partial charge in [-0.25, -0.2) is 4.79 Å². The van der Waals surface area contributed by atoms with Crippen molar-refractivity contribution in [3.8, 4) is 0 Å². The maximum atomic E-state index is 11.2. The van der Waals surface area contributed by atoms with Crippen LogP contribution in [0.25, 0.3) is 0 Å². The Hall–Kier alpha value is -1.58. The first-order chi connectivity index (χ1) is 6.58. The van der Waals surface area contributed by atoms with Crippen molar-refractivity contribution in [2.45, 2.75) is 26.9 Å². The van der Waals surface area contributed by atoms with Gasteiger partial charge in [-0.3, -0.25) is 10.3 Å². The van der Waals surface area contributed by atoms with Crippen molar-refractivity contribution in [1.82, 2.24) is 4.98 Å². The largest absolute Gasteiger partial charge is 0.447 e. The van der Waals surface area contributed by atoms with Crippen LogP contribution in [0.15, 0.2) is 18.5 Å². The normalized spacial score (nSPS) is 10.0. The smallest absolute Gasteiger partial charge is 0.411 e. The number of ether oxygens (including phenoxy) is 1. The van der Waals surface area contributed by atoms with Crippen LogP contribution < -0.4 is 5.32 Å². The molecular formula is C10H14N2O2. The van der Waals surface area contributed by atoms with E-state index < -0.39 is 6.09 Å². The summed E-state index contributed by atoms with van der Waals surface area (Å²) < 4.78 is 4.92. The van der Waals surface area contributed by atoms with Gasteiger partial charge in [0, 0.05) is 6.20 Å². The molecule has 0 unspecified atom stereocenters. The maximum absolute atomic E-state index is 11.2. The molecule has 0 atom stereocenters. The average Bonchev–Trinajstić information content (AvgIpc) is 2.01. The van der Waals surface area contributed by atoms with Gasteiger partial charge in [-0.1, -0.05) is 0 Å². The van der Waals surface area contributed by atoms with Gasteiger partial charge in [0.15, 0.2) is 0 Å². The summed E-state index contributed by atoms with van der Waals surface area (Å²) in [6, 6.07) is 1.83. The van der Waals surface area contributed by atoms with Crippen molar-refractivity contribution in [3.05, 3.63) is 24.0 Å². The first-order valence-electron chi connectivity index (χ1n) is 4.47. The van der Waals surface area contributed by atoms with Crippen molar-refractivity contribution in [2.24, 2.45) is 0 Å². The number of nitrogens with zero attached hydrogens (tertiary/aromatic N) is 1. The molecule has 0 saturated carbocycles. The van der Waals surface area contributed by atoms with Crippen molar-refractivity contribution in [2.75, 3.05) is 5.32 Å². The van der Waals surface area contributed by atoms with Gasteiger partial charge < -0.3 is 4.74 Å². The Morgan fingerprint density at radius 1 is 1.50 bits per heavy atom. The zero-order chi connectivity index (χ0) is 10.6. The second kappa shape index (κ2) is 4.60. The highest BCUT2D eigenvalue weighted by molar-refractivity contribution is 5.84. The summed E-state index contributed by atoms with van der Waals surface area (Å²) in [5, 5.41) is 2.59. The van der Waals surface area contributed by atoms with Gasteiger partial charge >= 0.3 is 6.09 Å². The minimum Gasteiger partial charge on any atom is -0.447 e. The Morgan fingerprint density at radius 2 is 2.21 bits per heavy atom.